The molecule has 9 heteroatoms. The summed E-state index contributed by atoms with van der Waals surface area (Å²) in [5.74, 6) is -0.0739. The Bertz CT molecular complexity index is 1100. The van der Waals surface area contributed by atoms with Crippen LogP contribution in [0.3, 0.4) is 0 Å². The zero-order valence-electron chi connectivity index (χ0n) is 17.3. The number of ketones is 1. The summed E-state index contributed by atoms with van der Waals surface area (Å²) in [5.41, 5.74) is 3.14. The molecule has 1 heterocycles. The van der Waals surface area contributed by atoms with E-state index in [1.165, 1.54) is 30.0 Å². The lowest BCUT2D eigenvalue weighted by Gasteiger charge is -2.13. The average molecular weight is 471 g/mol. The van der Waals surface area contributed by atoms with Crippen molar-refractivity contribution in [2.45, 2.75) is 30.9 Å². The smallest absolute Gasteiger partial charge is 0.239 e. The molecule has 0 radical (unpaired) electrons. The number of carbonyl (C=O) groups is 2. The van der Waals surface area contributed by atoms with Gasteiger partial charge in [0.25, 0.3) is 0 Å². The van der Waals surface area contributed by atoms with Gasteiger partial charge in [-0.05, 0) is 75.5 Å². The maximum Gasteiger partial charge on any atom is 0.239 e. The first-order valence-corrected chi connectivity index (χ1v) is 11.7. The minimum Gasteiger partial charge on any atom is -0.332 e. The maximum absolute atomic E-state index is 12.4. The number of carbonyl (C=O) groups excluding carboxylic acids is 2. The van der Waals surface area contributed by atoms with E-state index in [9.17, 15) is 9.59 Å². The molecule has 2 aromatic carbocycles. The fourth-order valence-electron chi connectivity index (χ4n) is 2.60. The zero-order chi connectivity index (χ0) is 22.4. The number of thioether (sulfide) groups is 1. The third-order valence-electron chi connectivity index (χ3n) is 4.17. The molecule has 0 aliphatic rings. The van der Waals surface area contributed by atoms with E-state index in [1.807, 2.05) is 43.5 Å². The van der Waals surface area contributed by atoms with Gasteiger partial charge in [0.1, 0.15) is 0 Å². The SMILES string of the molecule is CC(=O)c1ccc(NC(=S)Nc2cccc(SC(C)C(=O)Nc3nc(C)cs3)c2)cc1. The fourth-order valence-corrected chi connectivity index (χ4v) is 4.46. The van der Waals surface area contributed by atoms with E-state index in [-0.39, 0.29) is 16.9 Å². The summed E-state index contributed by atoms with van der Waals surface area (Å²) in [7, 11) is 0. The van der Waals surface area contributed by atoms with Crippen LogP contribution < -0.4 is 16.0 Å². The van der Waals surface area contributed by atoms with Crippen LogP contribution in [0.5, 0.6) is 0 Å². The van der Waals surface area contributed by atoms with Gasteiger partial charge >= 0.3 is 0 Å². The van der Waals surface area contributed by atoms with Crippen LogP contribution in [-0.4, -0.2) is 27.0 Å². The van der Waals surface area contributed by atoms with E-state index in [0.717, 1.165) is 22.0 Å². The number of benzene rings is 2. The van der Waals surface area contributed by atoms with Crippen LogP contribution in [0.2, 0.25) is 0 Å². The summed E-state index contributed by atoms with van der Waals surface area (Å²) in [5, 5.41) is 11.7. The standard InChI is InChI=1S/C22H22N4O2S3/c1-13-12-30-22(23-13)26-20(28)15(3)31-19-6-4-5-18(11-19)25-21(29)24-17-9-7-16(8-10-17)14(2)27/h4-12,15H,1-3H3,(H,23,26,28)(H2,24,25,29). The summed E-state index contributed by atoms with van der Waals surface area (Å²) < 4.78 is 0. The van der Waals surface area contributed by atoms with Gasteiger partial charge in [-0.3, -0.25) is 9.59 Å². The first-order valence-electron chi connectivity index (χ1n) is 9.49. The summed E-state index contributed by atoms with van der Waals surface area (Å²) in [6.45, 7) is 5.28. The third kappa shape index (κ3) is 6.88. The summed E-state index contributed by atoms with van der Waals surface area (Å²) in [6, 6.07) is 14.8. The van der Waals surface area contributed by atoms with Crippen molar-refractivity contribution in [1.82, 2.24) is 4.98 Å². The number of thiocarbonyl (C=S) groups is 1. The Balaban J connectivity index is 1.55. The number of aryl methyl sites for hydroxylation is 1. The second kappa shape index (κ2) is 10.5. The predicted octanol–water partition coefficient (Wildman–Crippen LogP) is 5.58. The monoisotopic (exact) mass is 470 g/mol. The van der Waals surface area contributed by atoms with Crippen molar-refractivity contribution in [2.75, 3.05) is 16.0 Å². The lowest BCUT2D eigenvalue weighted by molar-refractivity contribution is -0.115. The molecular formula is C22H22N4O2S3. The topological polar surface area (TPSA) is 83.1 Å². The Morgan fingerprint density at radius 3 is 2.42 bits per heavy atom. The molecule has 1 aromatic heterocycles. The highest BCUT2D eigenvalue weighted by Gasteiger charge is 2.16. The third-order valence-corrected chi connectivity index (χ3v) is 6.35. The molecule has 31 heavy (non-hydrogen) atoms. The van der Waals surface area contributed by atoms with Crippen molar-refractivity contribution in [3.63, 3.8) is 0 Å². The summed E-state index contributed by atoms with van der Waals surface area (Å²) in [4.78, 5) is 29.0. The molecule has 1 unspecified atom stereocenters. The lowest BCUT2D eigenvalue weighted by Crippen LogP contribution is -2.22. The first-order chi connectivity index (χ1) is 14.8. The first kappa shape index (κ1) is 22.9. The Kier molecular flexibility index (Phi) is 7.78. The highest BCUT2D eigenvalue weighted by Crippen LogP contribution is 2.27. The van der Waals surface area contributed by atoms with Crippen molar-refractivity contribution in [3.8, 4) is 0 Å². The van der Waals surface area contributed by atoms with Crippen molar-refractivity contribution >= 4 is 68.6 Å². The number of hydrogen-bond donors (Lipinski definition) is 3. The van der Waals surface area contributed by atoms with Crippen LogP contribution in [0, 0.1) is 6.92 Å². The maximum atomic E-state index is 12.4. The van der Waals surface area contributed by atoms with E-state index in [0.29, 0.717) is 15.8 Å². The second-order valence-corrected chi connectivity index (χ2v) is 9.46. The Hall–Kier alpha value is -2.75. The van der Waals surface area contributed by atoms with E-state index in [4.69, 9.17) is 12.2 Å². The average Bonchev–Trinajstić information content (AvgIpc) is 3.13. The van der Waals surface area contributed by atoms with Crippen molar-refractivity contribution in [3.05, 3.63) is 65.2 Å². The number of anilines is 3. The van der Waals surface area contributed by atoms with Gasteiger partial charge in [0.05, 0.1) is 10.9 Å². The number of hydrogen-bond acceptors (Lipinski definition) is 6. The van der Waals surface area contributed by atoms with Gasteiger partial charge in [-0.1, -0.05) is 6.07 Å². The van der Waals surface area contributed by atoms with E-state index < -0.39 is 0 Å². The van der Waals surface area contributed by atoms with E-state index >= 15 is 0 Å². The Morgan fingerprint density at radius 2 is 1.77 bits per heavy atom. The van der Waals surface area contributed by atoms with Gasteiger partial charge in [-0.2, -0.15) is 0 Å². The number of nitrogens with zero attached hydrogens (tertiary/aromatic N) is 1. The Morgan fingerprint density at radius 1 is 1.06 bits per heavy atom. The second-order valence-electron chi connectivity index (χ2n) is 6.78. The zero-order valence-corrected chi connectivity index (χ0v) is 19.7. The van der Waals surface area contributed by atoms with Gasteiger partial charge < -0.3 is 16.0 Å². The minimum atomic E-state index is -0.288. The molecule has 0 aliphatic carbocycles. The molecule has 0 spiro atoms. The van der Waals surface area contributed by atoms with E-state index in [2.05, 4.69) is 20.9 Å². The highest BCUT2D eigenvalue weighted by atomic mass is 32.2. The van der Waals surface area contributed by atoms with E-state index in [1.54, 1.807) is 24.3 Å². The molecule has 3 aromatic rings. The molecule has 0 saturated carbocycles. The van der Waals surface area contributed by atoms with Crippen molar-refractivity contribution in [1.29, 1.82) is 0 Å². The molecule has 160 valence electrons. The Labute approximate surface area is 194 Å². The summed E-state index contributed by atoms with van der Waals surface area (Å²) in [6.07, 6.45) is 0. The van der Waals surface area contributed by atoms with Crippen LogP contribution in [0.25, 0.3) is 0 Å². The van der Waals surface area contributed by atoms with Gasteiger partial charge in [0.2, 0.25) is 5.91 Å². The molecule has 0 saturated heterocycles. The quantitative estimate of drug-likeness (QED) is 0.236. The van der Waals surface area contributed by atoms with Gasteiger partial charge in [0, 0.05) is 27.2 Å². The molecule has 0 aliphatic heterocycles. The molecule has 0 bridgehead atoms. The fraction of sp³-hybridized carbons (Fsp3) is 0.182. The predicted molar refractivity (Wildman–Crippen MR) is 134 cm³/mol. The summed E-state index contributed by atoms with van der Waals surface area (Å²) >= 11 is 8.25. The number of thiazole rings is 1. The number of nitrogens with one attached hydrogen (secondary N) is 3. The van der Waals surface area contributed by atoms with Crippen LogP contribution in [0.15, 0.2) is 58.8 Å². The van der Waals surface area contributed by atoms with Crippen molar-refractivity contribution < 1.29 is 9.59 Å². The van der Waals surface area contributed by atoms with Gasteiger partial charge in [-0.25, -0.2) is 4.98 Å². The number of aromatic nitrogens is 1. The normalized spacial score (nSPS) is 11.5. The lowest BCUT2D eigenvalue weighted by atomic mass is 10.1. The molecule has 3 rings (SSSR count). The van der Waals surface area contributed by atoms with Crippen molar-refractivity contribution in [2.24, 2.45) is 0 Å². The van der Waals surface area contributed by atoms with Crippen LogP contribution >= 0.6 is 35.3 Å². The molecule has 1 atom stereocenters. The van der Waals surface area contributed by atoms with Crippen LogP contribution in [-0.2, 0) is 4.79 Å². The van der Waals surface area contributed by atoms with Gasteiger partial charge in [-0.15, -0.1) is 23.1 Å². The largest absolute Gasteiger partial charge is 0.332 e. The van der Waals surface area contributed by atoms with Crippen LogP contribution in [0.4, 0.5) is 16.5 Å². The molecular weight excluding hydrogens is 448 g/mol. The number of Topliss-reactive ketones (excluding diaryl/α,β-unsaturated/α-hetero) is 1. The van der Waals surface area contributed by atoms with Crippen LogP contribution in [0.1, 0.15) is 29.9 Å². The molecule has 0 fully saturated rings. The highest BCUT2D eigenvalue weighted by molar-refractivity contribution is 8.00. The minimum absolute atomic E-state index is 0.0197. The number of rotatable bonds is 7. The molecule has 6 nitrogen and oxygen atoms in total. The molecule has 1 amide bonds. The molecule has 3 N–H and O–H groups in total. The number of amides is 1. The van der Waals surface area contributed by atoms with Gasteiger partial charge in [0.15, 0.2) is 16.0 Å².